The molecule has 2 unspecified atom stereocenters. The Kier molecular flexibility index (Phi) is 5.41. The van der Waals surface area contributed by atoms with E-state index >= 15 is 0 Å². The number of ether oxygens (including phenoxy) is 1. The van der Waals surface area contributed by atoms with E-state index in [0.717, 1.165) is 10.9 Å². The van der Waals surface area contributed by atoms with Crippen LogP contribution in [0.15, 0.2) is 29.4 Å². The van der Waals surface area contributed by atoms with Crippen molar-refractivity contribution in [1.29, 1.82) is 0 Å². The maximum Gasteiger partial charge on any atom is 0.393 e. The second-order valence-electron chi connectivity index (χ2n) is 6.22. The first-order valence-electron chi connectivity index (χ1n) is 7.84. The molecule has 1 aliphatic rings. The van der Waals surface area contributed by atoms with Crippen LogP contribution >= 0.6 is 23.2 Å². The summed E-state index contributed by atoms with van der Waals surface area (Å²) in [6, 6.07) is 2.98. The van der Waals surface area contributed by atoms with Gasteiger partial charge < -0.3 is 9.30 Å². The summed E-state index contributed by atoms with van der Waals surface area (Å²) in [4.78, 5) is 15.8. The molecule has 1 aliphatic carbocycles. The van der Waals surface area contributed by atoms with Gasteiger partial charge in [-0.2, -0.15) is 13.2 Å². The van der Waals surface area contributed by atoms with E-state index in [-0.39, 0.29) is 27.2 Å². The zero-order valence-electron chi connectivity index (χ0n) is 14.2. The Bertz CT molecular complexity index is 1040. The maximum absolute atomic E-state index is 12.7. The van der Waals surface area contributed by atoms with E-state index in [4.69, 9.17) is 27.9 Å². The van der Waals surface area contributed by atoms with E-state index < -0.39 is 45.2 Å². The van der Waals surface area contributed by atoms with Crippen molar-refractivity contribution < 1.29 is 31.1 Å². The molecule has 0 amide bonds. The number of imidazole rings is 1. The Morgan fingerprint density at radius 1 is 1.36 bits per heavy atom. The number of methoxy groups -OCH3 is 1. The Morgan fingerprint density at radius 2 is 2.04 bits per heavy atom. The molecule has 0 bridgehead atoms. The molecule has 2 aromatic rings. The fourth-order valence-electron chi connectivity index (χ4n) is 2.77. The van der Waals surface area contributed by atoms with Crippen LogP contribution in [0.3, 0.4) is 0 Å². The Balaban J connectivity index is 1.83. The van der Waals surface area contributed by atoms with Crippen molar-refractivity contribution in [2.45, 2.75) is 23.5 Å². The van der Waals surface area contributed by atoms with E-state index in [9.17, 15) is 26.4 Å². The van der Waals surface area contributed by atoms with Gasteiger partial charge in [0.15, 0.2) is 15.6 Å². The minimum absolute atomic E-state index is 0.101. The topological polar surface area (TPSA) is 78.3 Å². The highest BCUT2D eigenvalue weighted by atomic mass is 35.5. The molecule has 1 heterocycles. The van der Waals surface area contributed by atoms with Gasteiger partial charge in [0.05, 0.1) is 29.3 Å². The third-order valence-corrected chi connectivity index (χ3v) is 6.79. The highest BCUT2D eigenvalue weighted by molar-refractivity contribution is 7.92. The molecule has 6 nitrogen and oxygen atoms in total. The number of sulfone groups is 1. The molecule has 1 aromatic carbocycles. The quantitative estimate of drug-likeness (QED) is 0.614. The third-order valence-electron chi connectivity index (χ3n) is 4.33. The maximum atomic E-state index is 12.7. The number of hydrogen-bond donors (Lipinski definition) is 0. The minimum atomic E-state index is -4.38. The van der Waals surface area contributed by atoms with Gasteiger partial charge in [-0.05, 0) is 18.6 Å². The molecular weight excluding hydrogens is 444 g/mol. The summed E-state index contributed by atoms with van der Waals surface area (Å²) in [5, 5.41) is -0.426. The van der Waals surface area contributed by atoms with Crippen LogP contribution in [0, 0.1) is 5.92 Å². The summed E-state index contributed by atoms with van der Waals surface area (Å²) in [6.07, 6.45) is -3.54. The first-order chi connectivity index (χ1) is 13.0. The van der Waals surface area contributed by atoms with Crippen molar-refractivity contribution >= 4 is 38.8 Å². The number of alkyl halides is 3. The van der Waals surface area contributed by atoms with Crippen LogP contribution in [-0.2, 0) is 9.84 Å². The van der Waals surface area contributed by atoms with E-state index in [1.807, 2.05) is 0 Å². The van der Waals surface area contributed by atoms with Gasteiger partial charge in [-0.3, -0.25) is 4.79 Å². The van der Waals surface area contributed by atoms with Crippen molar-refractivity contribution in [2.24, 2.45) is 5.92 Å². The molecule has 3 rings (SSSR count). The minimum Gasteiger partial charge on any atom is -0.497 e. The van der Waals surface area contributed by atoms with E-state index in [1.54, 1.807) is 0 Å². The fourth-order valence-corrected chi connectivity index (χ4v) is 4.86. The number of ketones is 1. The van der Waals surface area contributed by atoms with Crippen LogP contribution in [-0.4, -0.2) is 42.8 Å². The van der Waals surface area contributed by atoms with Crippen molar-refractivity contribution in [3.63, 3.8) is 0 Å². The van der Waals surface area contributed by atoms with Crippen LogP contribution in [0.2, 0.25) is 10.2 Å². The van der Waals surface area contributed by atoms with Gasteiger partial charge >= 0.3 is 6.18 Å². The average Bonchev–Trinajstić information content (AvgIpc) is 3.31. The standard InChI is InChI=1S/C16H13Cl2F3N2O4S/c1-27-8-2-3-10(17)13(4-8)28(25,26)6-12(24)14-15(18)23(7-22-14)11-5-9(11)16(19,20)21/h2-4,7,9,11H,5-6H2,1H3. The van der Waals surface area contributed by atoms with Crippen molar-refractivity contribution in [3.05, 3.63) is 40.4 Å². The molecule has 1 saturated carbocycles. The Morgan fingerprint density at radius 3 is 2.61 bits per heavy atom. The first kappa shape index (κ1) is 20.9. The van der Waals surface area contributed by atoms with Gasteiger partial charge in [-0.25, -0.2) is 13.4 Å². The summed E-state index contributed by atoms with van der Waals surface area (Å²) < 4.78 is 69.3. The summed E-state index contributed by atoms with van der Waals surface area (Å²) in [7, 11) is -2.83. The highest BCUT2D eigenvalue weighted by Gasteiger charge is 2.57. The summed E-state index contributed by atoms with van der Waals surface area (Å²) in [5.41, 5.74) is -0.405. The van der Waals surface area contributed by atoms with Crippen molar-refractivity contribution in [1.82, 2.24) is 9.55 Å². The third kappa shape index (κ3) is 3.99. The number of Topliss-reactive ketones (excluding diaryl/α,β-unsaturated/α-hetero) is 1. The average molecular weight is 457 g/mol. The number of benzene rings is 1. The SMILES string of the molecule is COc1ccc(Cl)c(S(=O)(=O)CC(=O)c2ncn(C3CC3C(F)(F)F)c2Cl)c1. The molecule has 1 fully saturated rings. The lowest BCUT2D eigenvalue weighted by Gasteiger charge is -2.08. The van der Waals surface area contributed by atoms with Gasteiger partial charge in [-0.1, -0.05) is 23.2 Å². The normalized spacial score (nSPS) is 19.5. The number of carbonyl (C=O) groups is 1. The molecule has 0 spiro atoms. The van der Waals surface area contributed by atoms with E-state index in [0.29, 0.717) is 0 Å². The van der Waals surface area contributed by atoms with E-state index in [2.05, 4.69) is 4.98 Å². The van der Waals surface area contributed by atoms with Gasteiger partial charge in [0.25, 0.3) is 0 Å². The van der Waals surface area contributed by atoms with Crippen LogP contribution < -0.4 is 4.74 Å². The molecule has 0 aliphatic heterocycles. The largest absolute Gasteiger partial charge is 0.497 e. The number of halogens is 5. The first-order valence-corrected chi connectivity index (χ1v) is 10.2. The van der Waals surface area contributed by atoms with Gasteiger partial charge in [0.1, 0.15) is 22.3 Å². The number of aromatic nitrogens is 2. The monoisotopic (exact) mass is 456 g/mol. The number of hydrogen-bond acceptors (Lipinski definition) is 5. The number of carbonyl (C=O) groups excluding carboxylic acids is 1. The van der Waals surface area contributed by atoms with Crippen LogP contribution in [0.1, 0.15) is 23.0 Å². The predicted molar refractivity (Wildman–Crippen MR) is 94.8 cm³/mol. The lowest BCUT2D eigenvalue weighted by molar-refractivity contribution is -0.150. The molecule has 0 radical (unpaired) electrons. The molecule has 12 heteroatoms. The second kappa shape index (κ2) is 7.23. The molecule has 1 aromatic heterocycles. The van der Waals surface area contributed by atoms with Gasteiger partial charge in [-0.15, -0.1) is 0 Å². The summed E-state index contributed by atoms with van der Waals surface area (Å²) in [6.45, 7) is 0. The van der Waals surface area contributed by atoms with Crippen molar-refractivity contribution in [2.75, 3.05) is 12.9 Å². The van der Waals surface area contributed by atoms with Gasteiger partial charge in [0, 0.05) is 12.1 Å². The summed E-state index contributed by atoms with van der Waals surface area (Å²) in [5.74, 6) is -3.29. The lowest BCUT2D eigenvalue weighted by atomic mass is 10.3. The molecular formula is C16H13Cl2F3N2O4S. The Labute approximate surface area is 168 Å². The lowest BCUT2D eigenvalue weighted by Crippen LogP contribution is -2.18. The smallest absolute Gasteiger partial charge is 0.393 e. The van der Waals surface area contributed by atoms with Gasteiger partial charge in [0.2, 0.25) is 0 Å². The molecule has 2 atom stereocenters. The fraction of sp³-hybridized carbons (Fsp3) is 0.375. The van der Waals surface area contributed by atoms with E-state index in [1.165, 1.54) is 25.3 Å². The van der Waals surface area contributed by atoms with Crippen LogP contribution in [0.5, 0.6) is 5.75 Å². The molecule has 28 heavy (non-hydrogen) atoms. The number of nitrogens with zero attached hydrogens (tertiary/aromatic N) is 2. The molecule has 0 saturated heterocycles. The van der Waals surface area contributed by atoms with Crippen LogP contribution in [0.4, 0.5) is 13.2 Å². The zero-order valence-corrected chi connectivity index (χ0v) is 16.5. The Hall–Kier alpha value is -1.78. The highest BCUT2D eigenvalue weighted by Crippen LogP contribution is 2.54. The predicted octanol–water partition coefficient (Wildman–Crippen LogP) is 3.98. The zero-order chi connectivity index (χ0) is 20.9. The van der Waals surface area contributed by atoms with Crippen LogP contribution in [0.25, 0.3) is 0 Å². The summed E-state index contributed by atoms with van der Waals surface area (Å²) >= 11 is 11.9. The second-order valence-corrected chi connectivity index (χ2v) is 8.94. The number of rotatable bonds is 6. The molecule has 152 valence electrons. The van der Waals surface area contributed by atoms with Crippen molar-refractivity contribution in [3.8, 4) is 5.75 Å². The molecule has 0 N–H and O–H groups in total.